The standard InChI is InChI=1S/C12H18N2O2/c1-8-7-14(6-5-10(8)13)12(15)11-4-3-9(2)16-11/h3-4,8,10H,5-7,13H2,1-2H3. The summed E-state index contributed by atoms with van der Waals surface area (Å²) in [7, 11) is 0. The summed E-state index contributed by atoms with van der Waals surface area (Å²) in [6.07, 6.45) is 0.868. The zero-order valence-electron chi connectivity index (χ0n) is 9.77. The van der Waals surface area contributed by atoms with Crippen LogP contribution in [-0.2, 0) is 0 Å². The molecule has 0 spiro atoms. The van der Waals surface area contributed by atoms with E-state index in [9.17, 15) is 4.79 Å². The van der Waals surface area contributed by atoms with Crippen LogP contribution in [0.2, 0.25) is 0 Å². The fourth-order valence-corrected chi connectivity index (χ4v) is 2.05. The molecule has 0 radical (unpaired) electrons. The van der Waals surface area contributed by atoms with Crippen molar-refractivity contribution in [2.75, 3.05) is 13.1 Å². The first-order valence-corrected chi connectivity index (χ1v) is 5.69. The Morgan fingerprint density at radius 3 is 2.88 bits per heavy atom. The zero-order chi connectivity index (χ0) is 11.7. The maximum Gasteiger partial charge on any atom is 0.289 e. The van der Waals surface area contributed by atoms with E-state index >= 15 is 0 Å². The lowest BCUT2D eigenvalue weighted by Crippen LogP contribution is -2.48. The average molecular weight is 222 g/mol. The van der Waals surface area contributed by atoms with Crippen LogP contribution in [0, 0.1) is 12.8 Å². The van der Waals surface area contributed by atoms with Crippen molar-refractivity contribution in [2.45, 2.75) is 26.3 Å². The normalized spacial score (nSPS) is 25.8. The molecule has 2 unspecified atom stereocenters. The van der Waals surface area contributed by atoms with Crippen LogP contribution in [0.5, 0.6) is 0 Å². The van der Waals surface area contributed by atoms with Gasteiger partial charge in [0.2, 0.25) is 0 Å². The predicted molar refractivity (Wildman–Crippen MR) is 61.1 cm³/mol. The van der Waals surface area contributed by atoms with Crippen molar-refractivity contribution in [1.82, 2.24) is 4.90 Å². The Morgan fingerprint density at radius 2 is 2.31 bits per heavy atom. The van der Waals surface area contributed by atoms with E-state index in [1.54, 1.807) is 6.07 Å². The predicted octanol–water partition coefficient (Wildman–Crippen LogP) is 1.40. The fourth-order valence-electron chi connectivity index (χ4n) is 2.05. The third-order valence-corrected chi connectivity index (χ3v) is 3.21. The van der Waals surface area contributed by atoms with E-state index < -0.39 is 0 Å². The number of nitrogens with two attached hydrogens (primary N) is 1. The number of aryl methyl sites for hydroxylation is 1. The first-order valence-electron chi connectivity index (χ1n) is 5.69. The van der Waals surface area contributed by atoms with Crippen LogP contribution < -0.4 is 5.73 Å². The molecule has 1 aromatic heterocycles. The van der Waals surface area contributed by atoms with Gasteiger partial charge in [0.25, 0.3) is 5.91 Å². The molecule has 1 aliphatic rings. The molecule has 1 aromatic rings. The van der Waals surface area contributed by atoms with Crippen molar-refractivity contribution < 1.29 is 9.21 Å². The van der Waals surface area contributed by atoms with Crippen LogP contribution >= 0.6 is 0 Å². The molecule has 2 N–H and O–H groups in total. The molecule has 2 rings (SSSR count). The van der Waals surface area contributed by atoms with Gasteiger partial charge in [0, 0.05) is 19.1 Å². The molecular weight excluding hydrogens is 204 g/mol. The SMILES string of the molecule is Cc1ccc(C(=O)N2CCC(N)C(C)C2)o1. The molecule has 16 heavy (non-hydrogen) atoms. The maximum absolute atomic E-state index is 12.1. The van der Waals surface area contributed by atoms with E-state index in [0.717, 1.165) is 25.3 Å². The Kier molecular flexibility index (Phi) is 3.01. The van der Waals surface area contributed by atoms with Gasteiger partial charge in [-0.25, -0.2) is 0 Å². The first kappa shape index (κ1) is 11.2. The summed E-state index contributed by atoms with van der Waals surface area (Å²) >= 11 is 0. The average Bonchev–Trinajstić information content (AvgIpc) is 2.68. The van der Waals surface area contributed by atoms with Gasteiger partial charge in [0.1, 0.15) is 5.76 Å². The van der Waals surface area contributed by atoms with Crippen molar-refractivity contribution in [3.05, 3.63) is 23.7 Å². The summed E-state index contributed by atoms with van der Waals surface area (Å²) < 4.78 is 5.34. The molecule has 4 nitrogen and oxygen atoms in total. The van der Waals surface area contributed by atoms with Gasteiger partial charge in [-0.1, -0.05) is 6.92 Å². The maximum atomic E-state index is 12.1. The van der Waals surface area contributed by atoms with Gasteiger partial charge in [0.05, 0.1) is 0 Å². The molecule has 1 fully saturated rings. The summed E-state index contributed by atoms with van der Waals surface area (Å²) in [4.78, 5) is 13.9. The summed E-state index contributed by atoms with van der Waals surface area (Å²) in [5, 5.41) is 0. The van der Waals surface area contributed by atoms with Gasteiger partial charge < -0.3 is 15.1 Å². The molecule has 88 valence electrons. The quantitative estimate of drug-likeness (QED) is 0.781. The molecule has 1 saturated heterocycles. The van der Waals surface area contributed by atoms with E-state index in [0.29, 0.717) is 11.7 Å². The van der Waals surface area contributed by atoms with Gasteiger partial charge >= 0.3 is 0 Å². The number of carbonyl (C=O) groups excluding carboxylic acids is 1. The second-order valence-corrected chi connectivity index (χ2v) is 4.59. The van der Waals surface area contributed by atoms with E-state index in [1.807, 2.05) is 17.9 Å². The first-order chi connectivity index (χ1) is 7.58. The smallest absolute Gasteiger partial charge is 0.289 e. The van der Waals surface area contributed by atoms with E-state index in [2.05, 4.69) is 6.92 Å². The Morgan fingerprint density at radius 1 is 1.56 bits per heavy atom. The van der Waals surface area contributed by atoms with Crippen molar-refractivity contribution in [2.24, 2.45) is 11.7 Å². The highest BCUT2D eigenvalue weighted by molar-refractivity contribution is 5.91. The third kappa shape index (κ3) is 2.11. The number of amides is 1. The number of hydrogen-bond donors (Lipinski definition) is 1. The minimum atomic E-state index is -0.0214. The highest BCUT2D eigenvalue weighted by Crippen LogP contribution is 2.18. The number of likely N-dealkylation sites (tertiary alicyclic amines) is 1. The van der Waals surface area contributed by atoms with Crippen molar-refractivity contribution >= 4 is 5.91 Å². The van der Waals surface area contributed by atoms with Crippen LogP contribution in [-0.4, -0.2) is 29.9 Å². The molecule has 2 atom stereocenters. The number of hydrogen-bond acceptors (Lipinski definition) is 3. The second kappa shape index (κ2) is 4.29. The molecule has 1 amide bonds. The number of piperidine rings is 1. The van der Waals surface area contributed by atoms with Crippen LogP contribution in [0.25, 0.3) is 0 Å². The van der Waals surface area contributed by atoms with Gasteiger partial charge in [-0.3, -0.25) is 4.79 Å². The lowest BCUT2D eigenvalue weighted by atomic mass is 9.95. The van der Waals surface area contributed by atoms with E-state index in [-0.39, 0.29) is 11.9 Å². The molecule has 4 heteroatoms. The van der Waals surface area contributed by atoms with Crippen LogP contribution in [0.1, 0.15) is 29.7 Å². The second-order valence-electron chi connectivity index (χ2n) is 4.59. The number of furan rings is 1. The highest BCUT2D eigenvalue weighted by Gasteiger charge is 2.28. The number of rotatable bonds is 1. The minimum Gasteiger partial charge on any atom is -0.456 e. The molecule has 0 aliphatic carbocycles. The van der Waals surface area contributed by atoms with Crippen LogP contribution in [0.3, 0.4) is 0 Å². The molecule has 1 aliphatic heterocycles. The Labute approximate surface area is 95.4 Å². The summed E-state index contributed by atoms with van der Waals surface area (Å²) in [6, 6.07) is 3.76. The summed E-state index contributed by atoms with van der Waals surface area (Å²) in [5.74, 6) is 1.53. The van der Waals surface area contributed by atoms with Crippen LogP contribution in [0.4, 0.5) is 0 Å². The topological polar surface area (TPSA) is 59.5 Å². The zero-order valence-corrected chi connectivity index (χ0v) is 9.77. The summed E-state index contributed by atoms with van der Waals surface area (Å²) in [6.45, 7) is 5.37. The summed E-state index contributed by atoms with van der Waals surface area (Å²) in [5.41, 5.74) is 5.92. The van der Waals surface area contributed by atoms with Crippen molar-refractivity contribution in [3.8, 4) is 0 Å². The Balaban J connectivity index is 2.06. The van der Waals surface area contributed by atoms with Gasteiger partial charge in [-0.05, 0) is 31.4 Å². The Hall–Kier alpha value is -1.29. The van der Waals surface area contributed by atoms with Gasteiger partial charge in [-0.15, -0.1) is 0 Å². The lowest BCUT2D eigenvalue weighted by molar-refractivity contribution is 0.0631. The van der Waals surface area contributed by atoms with Gasteiger partial charge in [-0.2, -0.15) is 0 Å². The third-order valence-electron chi connectivity index (χ3n) is 3.21. The largest absolute Gasteiger partial charge is 0.456 e. The lowest BCUT2D eigenvalue weighted by Gasteiger charge is -2.34. The minimum absolute atomic E-state index is 0.0214. The molecule has 2 heterocycles. The number of nitrogens with zero attached hydrogens (tertiary/aromatic N) is 1. The molecular formula is C12H18N2O2. The van der Waals surface area contributed by atoms with Crippen LogP contribution in [0.15, 0.2) is 16.5 Å². The van der Waals surface area contributed by atoms with Crippen molar-refractivity contribution in [1.29, 1.82) is 0 Å². The molecule has 0 saturated carbocycles. The monoisotopic (exact) mass is 222 g/mol. The molecule has 0 bridgehead atoms. The van der Waals surface area contributed by atoms with E-state index in [4.69, 9.17) is 10.2 Å². The Bertz CT molecular complexity index is 386. The fraction of sp³-hybridized carbons (Fsp3) is 0.583. The van der Waals surface area contributed by atoms with E-state index in [1.165, 1.54) is 0 Å². The number of carbonyl (C=O) groups is 1. The molecule has 0 aromatic carbocycles. The van der Waals surface area contributed by atoms with Gasteiger partial charge in [0.15, 0.2) is 5.76 Å². The van der Waals surface area contributed by atoms with Crippen molar-refractivity contribution in [3.63, 3.8) is 0 Å². The highest BCUT2D eigenvalue weighted by atomic mass is 16.3.